The molecule has 0 spiro atoms. The highest BCUT2D eigenvalue weighted by atomic mass is 32.1. The summed E-state index contributed by atoms with van der Waals surface area (Å²) in [4.78, 5) is 29.3. The minimum Gasteiger partial charge on any atom is -0.492 e. The largest absolute Gasteiger partial charge is 0.492 e. The van der Waals surface area contributed by atoms with Crippen molar-refractivity contribution >= 4 is 22.9 Å². The lowest BCUT2D eigenvalue weighted by Crippen LogP contribution is -2.28. The normalized spacial score (nSPS) is 10.6. The van der Waals surface area contributed by atoms with Crippen LogP contribution in [0.4, 0.5) is 5.69 Å². The van der Waals surface area contributed by atoms with Gasteiger partial charge in [-0.2, -0.15) is 5.10 Å². The highest BCUT2D eigenvalue weighted by Crippen LogP contribution is 2.24. The third-order valence-corrected chi connectivity index (χ3v) is 5.22. The van der Waals surface area contributed by atoms with Crippen LogP contribution in [0.2, 0.25) is 0 Å². The highest BCUT2D eigenvalue weighted by Gasteiger charge is 2.11. The molecule has 0 saturated carbocycles. The molecule has 1 N–H and O–H groups in total. The summed E-state index contributed by atoms with van der Waals surface area (Å²) in [7, 11) is 0. The molecule has 0 saturated heterocycles. The molecule has 4 rings (SSSR count). The monoisotopic (exact) mass is 432 g/mol. The van der Waals surface area contributed by atoms with E-state index in [0.717, 1.165) is 16.3 Å². The molecule has 1 amide bonds. The Hall–Kier alpha value is -3.78. The van der Waals surface area contributed by atoms with Crippen molar-refractivity contribution in [3.8, 4) is 17.0 Å². The third kappa shape index (κ3) is 5.23. The lowest BCUT2D eigenvalue weighted by Gasteiger charge is -2.10. The van der Waals surface area contributed by atoms with Crippen LogP contribution in [-0.4, -0.2) is 27.3 Å². The number of hydrogen-bond acceptors (Lipinski definition) is 6. The van der Waals surface area contributed by atoms with E-state index < -0.39 is 5.91 Å². The van der Waals surface area contributed by atoms with Crippen LogP contribution >= 0.6 is 11.3 Å². The van der Waals surface area contributed by atoms with Crippen molar-refractivity contribution in [1.29, 1.82) is 0 Å². The Kier molecular flexibility index (Phi) is 6.18. The summed E-state index contributed by atoms with van der Waals surface area (Å²) in [6, 6.07) is 19.5. The van der Waals surface area contributed by atoms with Crippen molar-refractivity contribution < 1.29 is 9.53 Å². The van der Waals surface area contributed by atoms with Crippen molar-refractivity contribution in [3.63, 3.8) is 0 Å². The van der Waals surface area contributed by atoms with Gasteiger partial charge in [0, 0.05) is 22.7 Å². The number of nitrogens with one attached hydrogen (secondary N) is 1. The standard InChI is InChI=1S/C23H20N4O3S/c1-16-24-21(15-31-16)17-6-5-7-18(14-17)25-23(29)20-10-11-22(28)27(26-20)12-13-30-19-8-3-2-4-9-19/h2-11,14-15H,12-13H2,1H3,(H,25,29). The van der Waals surface area contributed by atoms with Crippen LogP contribution in [0, 0.1) is 6.92 Å². The average molecular weight is 433 g/mol. The van der Waals surface area contributed by atoms with Gasteiger partial charge < -0.3 is 10.1 Å². The molecule has 4 aromatic rings. The van der Waals surface area contributed by atoms with Crippen LogP contribution in [0.3, 0.4) is 0 Å². The molecule has 2 heterocycles. The minimum atomic E-state index is -0.399. The number of rotatable bonds is 7. The van der Waals surface area contributed by atoms with E-state index in [9.17, 15) is 9.59 Å². The molecule has 0 bridgehead atoms. The van der Waals surface area contributed by atoms with E-state index in [-0.39, 0.29) is 24.4 Å². The van der Waals surface area contributed by atoms with E-state index in [1.165, 1.54) is 16.8 Å². The molecule has 2 aromatic heterocycles. The van der Waals surface area contributed by atoms with Gasteiger partial charge in [0.1, 0.15) is 18.1 Å². The van der Waals surface area contributed by atoms with E-state index in [4.69, 9.17) is 4.74 Å². The van der Waals surface area contributed by atoms with Gasteiger partial charge in [-0.25, -0.2) is 9.67 Å². The zero-order valence-corrected chi connectivity index (χ0v) is 17.6. The summed E-state index contributed by atoms with van der Waals surface area (Å²) in [5.74, 6) is 0.309. The number of aromatic nitrogens is 3. The van der Waals surface area contributed by atoms with Gasteiger partial charge in [0.05, 0.1) is 17.2 Å². The fourth-order valence-electron chi connectivity index (χ4n) is 2.94. The maximum Gasteiger partial charge on any atom is 0.276 e. The topological polar surface area (TPSA) is 86.1 Å². The molecule has 0 unspecified atom stereocenters. The van der Waals surface area contributed by atoms with Crippen molar-refractivity contribution in [1.82, 2.24) is 14.8 Å². The first-order chi connectivity index (χ1) is 15.1. The second-order valence-corrected chi connectivity index (χ2v) is 7.79. The average Bonchev–Trinajstić information content (AvgIpc) is 3.22. The molecule has 7 nitrogen and oxygen atoms in total. The Balaban J connectivity index is 1.44. The van der Waals surface area contributed by atoms with E-state index in [0.29, 0.717) is 11.4 Å². The Morgan fingerprint density at radius 2 is 1.94 bits per heavy atom. The predicted molar refractivity (Wildman–Crippen MR) is 121 cm³/mol. The first-order valence-electron chi connectivity index (χ1n) is 9.68. The minimum absolute atomic E-state index is 0.147. The molecule has 2 aromatic carbocycles. The SMILES string of the molecule is Cc1nc(-c2cccc(NC(=O)c3ccc(=O)n(CCOc4ccccc4)n3)c2)cs1. The molecule has 0 aliphatic heterocycles. The van der Waals surface area contributed by atoms with Gasteiger partial charge in [-0.15, -0.1) is 11.3 Å². The lowest BCUT2D eigenvalue weighted by atomic mass is 10.1. The Morgan fingerprint density at radius 1 is 1.10 bits per heavy atom. The summed E-state index contributed by atoms with van der Waals surface area (Å²) < 4.78 is 6.84. The Bertz CT molecular complexity index is 1250. The quantitative estimate of drug-likeness (QED) is 0.477. The number of anilines is 1. The van der Waals surface area contributed by atoms with Crippen molar-refractivity contribution in [2.45, 2.75) is 13.5 Å². The highest BCUT2D eigenvalue weighted by molar-refractivity contribution is 7.09. The molecular weight excluding hydrogens is 412 g/mol. The van der Waals surface area contributed by atoms with Gasteiger partial charge in [-0.3, -0.25) is 9.59 Å². The fraction of sp³-hybridized carbons (Fsp3) is 0.130. The number of carbonyl (C=O) groups excluding carboxylic acids is 1. The van der Waals surface area contributed by atoms with E-state index in [1.807, 2.05) is 60.8 Å². The number of para-hydroxylation sites is 1. The summed E-state index contributed by atoms with van der Waals surface area (Å²) in [5, 5.41) is 9.97. The zero-order chi connectivity index (χ0) is 21.6. The van der Waals surface area contributed by atoms with Crippen molar-refractivity contribution in [2.24, 2.45) is 0 Å². The number of thiazole rings is 1. The fourth-order valence-corrected chi connectivity index (χ4v) is 3.57. The second kappa shape index (κ2) is 9.36. The number of benzene rings is 2. The van der Waals surface area contributed by atoms with Crippen LogP contribution in [-0.2, 0) is 6.54 Å². The number of nitrogens with zero attached hydrogens (tertiary/aromatic N) is 3. The summed E-state index contributed by atoms with van der Waals surface area (Å²) in [6.45, 7) is 2.44. The molecule has 0 aliphatic carbocycles. The van der Waals surface area contributed by atoms with Crippen molar-refractivity contribution in [3.05, 3.63) is 93.2 Å². The number of ether oxygens (including phenoxy) is 1. The molecule has 8 heteroatoms. The van der Waals surface area contributed by atoms with Gasteiger partial charge in [0.15, 0.2) is 0 Å². The summed E-state index contributed by atoms with van der Waals surface area (Å²) in [6.07, 6.45) is 0. The van der Waals surface area contributed by atoms with Crippen molar-refractivity contribution in [2.75, 3.05) is 11.9 Å². The number of hydrogen-bond donors (Lipinski definition) is 1. The van der Waals surface area contributed by atoms with E-state index in [1.54, 1.807) is 17.4 Å². The number of aryl methyl sites for hydroxylation is 1. The van der Waals surface area contributed by atoms with E-state index >= 15 is 0 Å². The maximum atomic E-state index is 12.7. The Labute approximate surface area is 183 Å². The van der Waals surface area contributed by atoms with Gasteiger partial charge in [0.25, 0.3) is 11.5 Å². The first kappa shape index (κ1) is 20.5. The lowest BCUT2D eigenvalue weighted by molar-refractivity contribution is 0.101. The molecule has 0 atom stereocenters. The maximum absolute atomic E-state index is 12.7. The summed E-state index contributed by atoms with van der Waals surface area (Å²) in [5.41, 5.74) is 2.25. The molecule has 0 aliphatic rings. The number of amides is 1. The number of carbonyl (C=O) groups is 1. The van der Waals surface area contributed by atoms with Gasteiger partial charge >= 0.3 is 0 Å². The molecule has 0 radical (unpaired) electrons. The third-order valence-electron chi connectivity index (χ3n) is 4.45. The molecule has 156 valence electrons. The van der Waals surface area contributed by atoms with Crippen LogP contribution in [0.5, 0.6) is 5.75 Å². The smallest absolute Gasteiger partial charge is 0.276 e. The molecular formula is C23H20N4O3S. The summed E-state index contributed by atoms with van der Waals surface area (Å²) >= 11 is 1.57. The Morgan fingerprint density at radius 3 is 2.71 bits per heavy atom. The predicted octanol–water partition coefficient (Wildman–Crippen LogP) is 4.01. The zero-order valence-electron chi connectivity index (χ0n) is 16.8. The van der Waals surface area contributed by atoms with Crippen LogP contribution in [0.25, 0.3) is 11.3 Å². The second-order valence-electron chi connectivity index (χ2n) is 6.73. The van der Waals surface area contributed by atoms with Crippen LogP contribution in [0.1, 0.15) is 15.5 Å². The molecule has 31 heavy (non-hydrogen) atoms. The van der Waals surface area contributed by atoms with Gasteiger partial charge in [-0.05, 0) is 37.3 Å². The van der Waals surface area contributed by atoms with E-state index in [2.05, 4.69) is 15.4 Å². The van der Waals surface area contributed by atoms with Crippen LogP contribution < -0.4 is 15.6 Å². The first-order valence-corrected chi connectivity index (χ1v) is 10.6. The molecule has 0 fully saturated rings. The van der Waals surface area contributed by atoms with Crippen LogP contribution in [0.15, 0.2) is 76.9 Å². The van der Waals surface area contributed by atoms with Gasteiger partial charge in [0.2, 0.25) is 0 Å². The van der Waals surface area contributed by atoms with Gasteiger partial charge in [-0.1, -0.05) is 30.3 Å².